The van der Waals surface area contributed by atoms with Gasteiger partial charge in [-0.1, -0.05) is 13.3 Å². The van der Waals surface area contributed by atoms with Gasteiger partial charge in [0.1, 0.15) is 5.75 Å². The Morgan fingerprint density at radius 1 is 1.36 bits per heavy atom. The van der Waals surface area contributed by atoms with Crippen molar-refractivity contribution in [2.75, 3.05) is 5.43 Å². The molecule has 1 atom stereocenters. The Labute approximate surface area is 85.2 Å². The summed E-state index contributed by atoms with van der Waals surface area (Å²) in [5.41, 5.74) is 3.47. The van der Waals surface area contributed by atoms with E-state index >= 15 is 0 Å². The van der Waals surface area contributed by atoms with E-state index in [1.54, 1.807) is 0 Å². The average molecular weight is 194 g/mol. The smallest absolute Gasteiger partial charge is 0.119 e. The topological polar surface area (TPSA) is 47.3 Å². The van der Waals surface area contributed by atoms with Gasteiger partial charge in [0.05, 0.1) is 6.10 Å². The molecule has 0 amide bonds. The molecule has 1 aromatic rings. The number of hydrogen-bond acceptors (Lipinski definition) is 3. The summed E-state index contributed by atoms with van der Waals surface area (Å²) in [6.45, 7) is 4.24. The highest BCUT2D eigenvalue weighted by Crippen LogP contribution is 2.17. The predicted molar refractivity (Wildman–Crippen MR) is 59.3 cm³/mol. The summed E-state index contributed by atoms with van der Waals surface area (Å²) in [4.78, 5) is 0. The quantitative estimate of drug-likeness (QED) is 0.559. The number of nitrogens with one attached hydrogen (secondary N) is 1. The largest absolute Gasteiger partial charge is 0.491 e. The van der Waals surface area contributed by atoms with Crippen molar-refractivity contribution in [3.63, 3.8) is 0 Å². The lowest BCUT2D eigenvalue weighted by atomic mass is 10.2. The van der Waals surface area contributed by atoms with Gasteiger partial charge in [-0.05, 0) is 37.6 Å². The van der Waals surface area contributed by atoms with Crippen molar-refractivity contribution in [2.24, 2.45) is 5.84 Å². The minimum atomic E-state index is 0.275. The van der Waals surface area contributed by atoms with E-state index in [0.717, 1.165) is 24.3 Å². The highest BCUT2D eigenvalue weighted by molar-refractivity contribution is 5.45. The molecule has 0 saturated carbocycles. The van der Waals surface area contributed by atoms with E-state index in [0.29, 0.717) is 0 Å². The summed E-state index contributed by atoms with van der Waals surface area (Å²) in [5.74, 6) is 6.15. The van der Waals surface area contributed by atoms with Gasteiger partial charge in [0.25, 0.3) is 0 Å². The molecular formula is C11H18N2O. The number of nitrogens with two attached hydrogens (primary N) is 1. The minimum Gasteiger partial charge on any atom is -0.491 e. The molecule has 0 fully saturated rings. The van der Waals surface area contributed by atoms with Crippen molar-refractivity contribution in [1.29, 1.82) is 0 Å². The molecule has 0 saturated heterocycles. The van der Waals surface area contributed by atoms with Crippen LogP contribution < -0.4 is 16.0 Å². The van der Waals surface area contributed by atoms with Gasteiger partial charge in [0.15, 0.2) is 0 Å². The fourth-order valence-corrected chi connectivity index (χ4v) is 1.33. The van der Waals surface area contributed by atoms with Crippen molar-refractivity contribution in [3.8, 4) is 5.75 Å². The van der Waals surface area contributed by atoms with E-state index in [9.17, 15) is 0 Å². The monoisotopic (exact) mass is 194 g/mol. The lowest BCUT2D eigenvalue weighted by Gasteiger charge is -2.13. The van der Waals surface area contributed by atoms with Crippen LogP contribution in [-0.4, -0.2) is 6.10 Å². The number of hydrogen-bond donors (Lipinski definition) is 2. The molecule has 0 heterocycles. The Kier molecular flexibility index (Phi) is 4.26. The van der Waals surface area contributed by atoms with E-state index in [1.165, 1.54) is 0 Å². The normalized spacial score (nSPS) is 12.2. The van der Waals surface area contributed by atoms with Gasteiger partial charge >= 0.3 is 0 Å². The summed E-state index contributed by atoms with van der Waals surface area (Å²) in [6.07, 6.45) is 2.50. The molecule has 14 heavy (non-hydrogen) atoms. The van der Waals surface area contributed by atoms with Crippen molar-refractivity contribution < 1.29 is 4.74 Å². The van der Waals surface area contributed by atoms with Crippen LogP contribution in [0.25, 0.3) is 0 Å². The van der Waals surface area contributed by atoms with Crippen LogP contribution in [0.3, 0.4) is 0 Å². The van der Waals surface area contributed by atoms with Crippen molar-refractivity contribution in [3.05, 3.63) is 24.3 Å². The third-order valence-electron chi connectivity index (χ3n) is 2.05. The Balaban J connectivity index is 2.50. The fraction of sp³-hybridized carbons (Fsp3) is 0.455. The maximum atomic E-state index is 5.69. The van der Waals surface area contributed by atoms with Crippen LogP contribution in [-0.2, 0) is 0 Å². The molecule has 3 N–H and O–H groups in total. The second-order valence-corrected chi connectivity index (χ2v) is 3.39. The first-order valence-electron chi connectivity index (χ1n) is 4.99. The van der Waals surface area contributed by atoms with Crippen molar-refractivity contribution in [2.45, 2.75) is 32.8 Å². The zero-order valence-electron chi connectivity index (χ0n) is 8.79. The lowest BCUT2D eigenvalue weighted by molar-refractivity contribution is 0.210. The number of benzene rings is 1. The average Bonchev–Trinajstić information content (AvgIpc) is 2.19. The fourth-order valence-electron chi connectivity index (χ4n) is 1.33. The molecule has 0 aliphatic rings. The van der Waals surface area contributed by atoms with Gasteiger partial charge in [-0.25, -0.2) is 0 Å². The summed E-state index contributed by atoms with van der Waals surface area (Å²) in [5, 5.41) is 0. The molecule has 78 valence electrons. The summed E-state index contributed by atoms with van der Waals surface area (Å²) < 4.78 is 5.69. The number of hydrazine groups is 1. The maximum Gasteiger partial charge on any atom is 0.119 e. The van der Waals surface area contributed by atoms with Gasteiger partial charge in [-0.15, -0.1) is 0 Å². The van der Waals surface area contributed by atoms with Crippen LogP contribution in [0.5, 0.6) is 5.75 Å². The molecule has 0 unspecified atom stereocenters. The SMILES string of the molecule is CCC[C@H](C)Oc1ccc(NN)cc1. The van der Waals surface area contributed by atoms with E-state index in [2.05, 4.69) is 19.3 Å². The van der Waals surface area contributed by atoms with Gasteiger partial charge in [-0.3, -0.25) is 5.84 Å². The first-order chi connectivity index (χ1) is 6.76. The summed E-state index contributed by atoms with van der Waals surface area (Å²) in [7, 11) is 0. The van der Waals surface area contributed by atoms with Gasteiger partial charge in [0, 0.05) is 5.69 Å². The molecule has 0 aliphatic heterocycles. The van der Waals surface area contributed by atoms with Crippen LogP contribution in [0.4, 0.5) is 5.69 Å². The Morgan fingerprint density at radius 3 is 2.50 bits per heavy atom. The van der Waals surface area contributed by atoms with Crippen LogP contribution >= 0.6 is 0 Å². The second kappa shape index (κ2) is 5.50. The Morgan fingerprint density at radius 2 is 2.00 bits per heavy atom. The van der Waals surface area contributed by atoms with Crippen molar-refractivity contribution in [1.82, 2.24) is 0 Å². The van der Waals surface area contributed by atoms with E-state index in [1.807, 2.05) is 24.3 Å². The van der Waals surface area contributed by atoms with Crippen LogP contribution in [0.15, 0.2) is 24.3 Å². The van der Waals surface area contributed by atoms with Crippen LogP contribution in [0.2, 0.25) is 0 Å². The van der Waals surface area contributed by atoms with E-state index in [-0.39, 0.29) is 6.10 Å². The van der Waals surface area contributed by atoms with Crippen LogP contribution in [0.1, 0.15) is 26.7 Å². The molecule has 0 aliphatic carbocycles. The summed E-state index contributed by atoms with van der Waals surface area (Å²) in [6, 6.07) is 7.63. The Hall–Kier alpha value is -1.22. The van der Waals surface area contributed by atoms with Gasteiger partial charge in [0.2, 0.25) is 0 Å². The van der Waals surface area contributed by atoms with Crippen molar-refractivity contribution >= 4 is 5.69 Å². The first kappa shape index (κ1) is 10.9. The van der Waals surface area contributed by atoms with E-state index in [4.69, 9.17) is 10.6 Å². The molecular weight excluding hydrogens is 176 g/mol. The minimum absolute atomic E-state index is 0.275. The third-order valence-corrected chi connectivity index (χ3v) is 2.05. The zero-order chi connectivity index (χ0) is 10.4. The molecule has 0 bridgehead atoms. The van der Waals surface area contributed by atoms with E-state index < -0.39 is 0 Å². The third kappa shape index (κ3) is 3.26. The highest BCUT2D eigenvalue weighted by Gasteiger charge is 2.01. The maximum absolute atomic E-state index is 5.69. The molecule has 3 heteroatoms. The number of nitrogen functional groups attached to an aromatic ring is 1. The molecule has 1 aromatic carbocycles. The predicted octanol–water partition coefficient (Wildman–Crippen LogP) is 2.54. The number of rotatable bonds is 5. The second-order valence-electron chi connectivity index (χ2n) is 3.39. The van der Waals surface area contributed by atoms with Gasteiger partial charge in [-0.2, -0.15) is 0 Å². The van der Waals surface area contributed by atoms with Crippen LogP contribution in [0, 0.1) is 0 Å². The highest BCUT2D eigenvalue weighted by atomic mass is 16.5. The first-order valence-corrected chi connectivity index (χ1v) is 4.99. The molecule has 0 radical (unpaired) electrons. The number of anilines is 1. The zero-order valence-corrected chi connectivity index (χ0v) is 8.79. The number of ether oxygens (including phenoxy) is 1. The lowest BCUT2D eigenvalue weighted by Crippen LogP contribution is -2.11. The molecule has 0 aromatic heterocycles. The molecule has 1 rings (SSSR count). The standard InChI is InChI=1S/C11H18N2O/c1-3-4-9(2)14-11-7-5-10(13-12)6-8-11/h5-9,13H,3-4,12H2,1-2H3/t9-/m0/s1. The molecule has 3 nitrogen and oxygen atoms in total. The Bertz CT molecular complexity index is 258. The molecule has 0 spiro atoms. The van der Waals surface area contributed by atoms with Gasteiger partial charge < -0.3 is 10.2 Å². The summed E-state index contributed by atoms with van der Waals surface area (Å²) >= 11 is 0.